The first kappa shape index (κ1) is 19.6. The highest BCUT2D eigenvalue weighted by molar-refractivity contribution is 7.99. The van der Waals surface area contributed by atoms with Crippen molar-refractivity contribution >= 4 is 29.3 Å². The van der Waals surface area contributed by atoms with Gasteiger partial charge in [0.15, 0.2) is 0 Å². The molecule has 2 N–H and O–H groups in total. The van der Waals surface area contributed by atoms with Crippen molar-refractivity contribution in [3.8, 4) is 5.69 Å². The Balaban J connectivity index is 1.60. The fraction of sp³-hybridized carbons (Fsp3) is 0.200. The highest BCUT2D eigenvalue weighted by Gasteiger charge is 2.14. The minimum atomic E-state index is -0.231. The summed E-state index contributed by atoms with van der Waals surface area (Å²) in [5.74, 6) is -0.313. The zero-order valence-corrected chi connectivity index (χ0v) is 16.4. The Labute approximate surface area is 167 Å². The van der Waals surface area contributed by atoms with Gasteiger partial charge in [-0.15, -0.1) is 5.10 Å². The number of rotatable bonds is 7. The molecule has 3 aromatic rings. The van der Waals surface area contributed by atoms with Gasteiger partial charge in [-0.05, 0) is 38.1 Å². The average molecular weight is 395 g/mol. The molecule has 0 aliphatic carbocycles. The van der Waals surface area contributed by atoms with Crippen molar-refractivity contribution in [3.63, 3.8) is 0 Å². The fourth-order valence-electron chi connectivity index (χ4n) is 2.47. The van der Waals surface area contributed by atoms with E-state index in [4.69, 9.17) is 0 Å². The summed E-state index contributed by atoms with van der Waals surface area (Å²) in [4.78, 5) is 28.8. The SMILES string of the molecule is CC(C)NC(=O)c1ccccc1NC(=O)CSc1ncn(-c2ccccc2)n1. The molecular formula is C20H21N5O2S. The molecule has 2 amide bonds. The molecule has 8 heteroatoms. The molecule has 28 heavy (non-hydrogen) atoms. The minimum absolute atomic E-state index is 0.0117. The zero-order valence-electron chi connectivity index (χ0n) is 15.6. The lowest BCUT2D eigenvalue weighted by Crippen LogP contribution is -2.31. The van der Waals surface area contributed by atoms with E-state index in [1.54, 1.807) is 35.3 Å². The van der Waals surface area contributed by atoms with E-state index in [9.17, 15) is 9.59 Å². The lowest BCUT2D eigenvalue weighted by Gasteiger charge is -2.12. The van der Waals surface area contributed by atoms with E-state index in [-0.39, 0.29) is 23.6 Å². The number of thioether (sulfide) groups is 1. The van der Waals surface area contributed by atoms with Crippen LogP contribution in [0.3, 0.4) is 0 Å². The maximum Gasteiger partial charge on any atom is 0.253 e. The number of anilines is 1. The molecule has 1 aromatic heterocycles. The summed E-state index contributed by atoms with van der Waals surface area (Å²) in [6.07, 6.45) is 1.61. The van der Waals surface area contributed by atoms with Crippen LogP contribution in [0.1, 0.15) is 24.2 Å². The highest BCUT2D eigenvalue weighted by atomic mass is 32.2. The van der Waals surface area contributed by atoms with Crippen molar-refractivity contribution in [3.05, 3.63) is 66.5 Å². The molecule has 2 aromatic carbocycles. The second-order valence-electron chi connectivity index (χ2n) is 6.32. The van der Waals surface area contributed by atoms with E-state index in [0.29, 0.717) is 16.4 Å². The largest absolute Gasteiger partial charge is 0.350 e. The van der Waals surface area contributed by atoms with Crippen LogP contribution in [0.5, 0.6) is 0 Å². The number of hydrogen-bond acceptors (Lipinski definition) is 5. The average Bonchev–Trinajstić information content (AvgIpc) is 3.16. The Bertz CT molecular complexity index is 956. The molecule has 144 valence electrons. The molecule has 0 bridgehead atoms. The van der Waals surface area contributed by atoms with Crippen LogP contribution in [0.25, 0.3) is 5.69 Å². The van der Waals surface area contributed by atoms with Crippen molar-refractivity contribution in [2.75, 3.05) is 11.1 Å². The van der Waals surface area contributed by atoms with E-state index in [1.807, 2.05) is 44.2 Å². The van der Waals surface area contributed by atoms with Crippen LogP contribution in [-0.4, -0.2) is 38.4 Å². The molecular weight excluding hydrogens is 374 g/mol. The summed E-state index contributed by atoms with van der Waals surface area (Å²) in [5, 5.41) is 10.5. The number of nitrogens with zero attached hydrogens (tertiary/aromatic N) is 3. The monoisotopic (exact) mass is 395 g/mol. The summed E-state index contributed by atoms with van der Waals surface area (Å²) in [7, 11) is 0. The highest BCUT2D eigenvalue weighted by Crippen LogP contribution is 2.18. The first-order valence-electron chi connectivity index (χ1n) is 8.82. The zero-order chi connectivity index (χ0) is 19.9. The third-order valence-electron chi connectivity index (χ3n) is 3.69. The Kier molecular flexibility index (Phi) is 6.44. The second-order valence-corrected chi connectivity index (χ2v) is 7.26. The quantitative estimate of drug-likeness (QED) is 0.600. The van der Waals surface area contributed by atoms with Gasteiger partial charge in [0.1, 0.15) is 6.33 Å². The van der Waals surface area contributed by atoms with E-state index < -0.39 is 0 Å². The van der Waals surface area contributed by atoms with E-state index in [2.05, 4.69) is 20.7 Å². The minimum Gasteiger partial charge on any atom is -0.350 e. The molecule has 0 atom stereocenters. The van der Waals surface area contributed by atoms with Gasteiger partial charge >= 0.3 is 0 Å². The number of carbonyl (C=O) groups excluding carboxylic acids is 2. The molecule has 0 unspecified atom stereocenters. The summed E-state index contributed by atoms with van der Waals surface area (Å²) < 4.78 is 1.66. The molecule has 3 rings (SSSR count). The van der Waals surface area contributed by atoms with Crippen LogP contribution in [0.4, 0.5) is 5.69 Å². The number of amides is 2. The lowest BCUT2D eigenvalue weighted by atomic mass is 10.1. The predicted octanol–water partition coefficient (Wildman–Crippen LogP) is 3.14. The maximum absolute atomic E-state index is 12.3. The van der Waals surface area contributed by atoms with Gasteiger partial charge in [-0.2, -0.15) is 0 Å². The van der Waals surface area contributed by atoms with Crippen LogP contribution >= 0.6 is 11.8 Å². The summed E-state index contributed by atoms with van der Waals surface area (Å²) in [6, 6.07) is 16.6. The van der Waals surface area contributed by atoms with Gasteiger partial charge in [0.25, 0.3) is 5.91 Å². The predicted molar refractivity (Wildman–Crippen MR) is 110 cm³/mol. The van der Waals surface area contributed by atoms with Crippen LogP contribution in [0, 0.1) is 0 Å². The van der Waals surface area contributed by atoms with Gasteiger partial charge in [-0.25, -0.2) is 9.67 Å². The summed E-state index contributed by atoms with van der Waals surface area (Å²) in [5.41, 5.74) is 1.81. The molecule has 0 fully saturated rings. The number of carbonyl (C=O) groups is 2. The molecule has 0 aliphatic rings. The van der Waals surface area contributed by atoms with Crippen molar-refractivity contribution in [2.24, 2.45) is 0 Å². The Morgan fingerprint density at radius 2 is 1.79 bits per heavy atom. The smallest absolute Gasteiger partial charge is 0.253 e. The van der Waals surface area contributed by atoms with Crippen LogP contribution < -0.4 is 10.6 Å². The van der Waals surface area contributed by atoms with Crippen molar-refractivity contribution in [1.29, 1.82) is 0 Å². The molecule has 0 spiro atoms. The Morgan fingerprint density at radius 3 is 2.54 bits per heavy atom. The normalized spacial score (nSPS) is 10.7. The van der Waals surface area contributed by atoms with Gasteiger partial charge < -0.3 is 10.6 Å². The number of benzene rings is 2. The van der Waals surface area contributed by atoms with Crippen molar-refractivity contribution in [1.82, 2.24) is 20.1 Å². The van der Waals surface area contributed by atoms with Crippen molar-refractivity contribution in [2.45, 2.75) is 25.0 Å². The van der Waals surface area contributed by atoms with Crippen molar-refractivity contribution < 1.29 is 9.59 Å². The van der Waals surface area contributed by atoms with Crippen LogP contribution in [0.15, 0.2) is 66.1 Å². The van der Waals surface area contributed by atoms with Crippen LogP contribution in [-0.2, 0) is 4.79 Å². The Hall–Kier alpha value is -3.13. The molecule has 0 saturated carbocycles. The van der Waals surface area contributed by atoms with Gasteiger partial charge in [-0.3, -0.25) is 9.59 Å². The standard InChI is InChI=1S/C20H21N5O2S/c1-14(2)22-19(27)16-10-6-7-11-17(16)23-18(26)12-28-20-21-13-25(24-20)15-8-4-3-5-9-15/h3-11,13-14H,12H2,1-2H3,(H,22,27)(H,23,26). The molecule has 7 nitrogen and oxygen atoms in total. The first-order chi connectivity index (χ1) is 13.5. The van der Waals surface area contributed by atoms with E-state index in [1.165, 1.54) is 11.8 Å². The molecule has 1 heterocycles. The fourth-order valence-corrected chi connectivity index (χ4v) is 3.07. The first-order valence-corrected chi connectivity index (χ1v) is 9.81. The molecule has 0 saturated heterocycles. The number of para-hydroxylation sites is 2. The molecule has 0 aliphatic heterocycles. The third kappa shape index (κ3) is 5.20. The topological polar surface area (TPSA) is 88.9 Å². The van der Waals surface area contributed by atoms with Crippen LogP contribution in [0.2, 0.25) is 0 Å². The Morgan fingerprint density at radius 1 is 1.07 bits per heavy atom. The summed E-state index contributed by atoms with van der Waals surface area (Å²) >= 11 is 1.23. The lowest BCUT2D eigenvalue weighted by molar-refractivity contribution is -0.113. The summed E-state index contributed by atoms with van der Waals surface area (Å²) in [6.45, 7) is 3.77. The van der Waals surface area contributed by atoms with Gasteiger partial charge in [0.2, 0.25) is 11.1 Å². The third-order valence-corrected chi connectivity index (χ3v) is 4.54. The van der Waals surface area contributed by atoms with Gasteiger partial charge in [0.05, 0.1) is 22.7 Å². The molecule has 0 radical (unpaired) electrons. The number of nitrogens with one attached hydrogen (secondary N) is 2. The van der Waals surface area contributed by atoms with Gasteiger partial charge in [-0.1, -0.05) is 42.1 Å². The maximum atomic E-state index is 12.3. The number of aromatic nitrogens is 3. The second kappa shape index (κ2) is 9.18. The number of hydrogen-bond donors (Lipinski definition) is 2. The van der Waals surface area contributed by atoms with E-state index in [0.717, 1.165) is 5.69 Å². The van der Waals surface area contributed by atoms with E-state index >= 15 is 0 Å². The van der Waals surface area contributed by atoms with Gasteiger partial charge in [0, 0.05) is 6.04 Å².